The van der Waals surface area contributed by atoms with Crippen LogP contribution in [0.4, 0.5) is 0 Å². The molecule has 0 aliphatic carbocycles. The number of rotatable bonds is 4. The van der Waals surface area contributed by atoms with E-state index >= 15 is 0 Å². The molecule has 0 saturated heterocycles. The maximum atomic E-state index is 10.6. The second-order valence-corrected chi connectivity index (χ2v) is 1.75. The molecule has 0 saturated carbocycles. The minimum Gasteiger partial charge on any atom is -0.387 e. The first-order chi connectivity index (χ1) is 6.20. The summed E-state index contributed by atoms with van der Waals surface area (Å²) >= 11 is 0. The maximum Gasteiger partial charge on any atom is 0.449 e. The van der Waals surface area contributed by atoms with Crippen molar-refractivity contribution < 1.29 is 19.1 Å². The third kappa shape index (κ3) is 14.3. The zero-order valence-electron chi connectivity index (χ0n) is 7.54. The molecular weight excluding hydrogens is 216 g/mol. The second-order valence-electron chi connectivity index (χ2n) is 1.75. The van der Waals surface area contributed by atoms with Gasteiger partial charge in [0.2, 0.25) is 10.8 Å². The lowest BCUT2D eigenvalue weighted by molar-refractivity contribution is -0.153. The van der Waals surface area contributed by atoms with E-state index in [-0.39, 0.29) is 22.3 Å². The Hall–Kier alpha value is -2.22. The molecule has 0 rings (SSSR count). The highest BCUT2D eigenvalue weighted by atomic mass is 16.6. The molecule has 8 nitrogen and oxygen atoms in total. The highest BCUT2D eigenvalue weighted by molar-refractivity contribution is 5.91. The Morgan fingerprint density at radius 3 is 1.50 bits per heavy atom. The Morgan fingerprint density at radius 2 is 1.25 bits per heavy atom. The molecule has 0 N–H and O–H groups in total. The van der Waals surface area contributed by atoms with Crippen LogP contribution in [0.25, 0.3) is 9.95 Å². The Balaban J connectivity index is -0.000000240. The first-order valence-corrected chi connectivity index (χ1v) is 3.13. The van der Waals surface area contributed by atoms with Crippen molar-refractivity contribution in [2.45, 2.75) is 21.3 Å². The van der Waals surface area contributed by atoms with E-state index in [9.17, 15) is 9.59 Å². The van der Waals surface area contributed by atoms with E-state index < -0.39 is 31.8 Å². The molecule has 8 heteroatoms. The second kappa shape index (κ2) is 15.3. The van der Waals surface area contributed by atoms with Gasteiger partial charge in [0, 0.05) is 0 Å². The largest absolute Gasteiger partial charge is 0.449 e. The molecule has 0 radical (unpaired) electrons. The molecule has 0 atom stereocenters. The van der Waals surface area contributed by atoms with Gasteiger partial charge in [-0.15, -0.1) is 0 Å². The van der Waals surface area contributed by atoms with Crippen molar-refractivity contribution in [3.05, 3.63) is 17.4 Å². The van der Waals surface area contributed by atoms with Crippen LogP contribution in [0.1, 0.15) is 21.3 Å². The fourth-order valence-electron chi connectivity index (χ4n) is 0.422. The molecule has 16 heavy (non-hydrogen) atoms. The van der Waals surface area contributed by atoms with Crippen molar-refractivity contribution in [3.8, 4) is 0 Å². The van der Waals surface area contributed by atoms with Crippen LogP contribution < -0.4 is 0 Å². The van der Waals surface area contributed by atoms with Crippen LogP contribution in [0.2, 0.25) is 0 Å². The van der Waals surface area contributed by atoms with E-state index in [4.69, 9.17) is 10.8 Å². The van der Waals surface area contributed by atoms with Gasteiger partial charge in [-0.05, 0) is 0 Å². The van der Waals surface area contributed by atoms with Crippen molar-refractivity contribution in [3.63, 3.8) is 0 Å². The number of hydrogen-bond donors (Lipinski definition) is 0. The molecule has 0 bridgehead atoms. The number of ether oxygens (including phenoxy) is 2. The first-order valence-electron chi connectivity index (χ1n) is 3.13. The average Bonchev–Trinajstić information content (AvgIpc) is 2.11. The summed E-state index contributed by atoms with van der Waals surface area (Å²) in [5.74, 6) is -1.78. The van der Waals surface area contributed by atoms with E-state index in [1.54, 1.807) is 0 Å². The summed E-state index contributed by atoms with van der Waals surface area (Å²) in [4.78, 5) is 26.2. The lowest BCUT2D eigenvalue weighted by atomic mass is 10.4. The van der Waals surface area contributed by atoms with Crippen LogP contribution in [0, 0.1) is 18.2 Å². The van der Waals surface area contributed by atoms with Gasteiger partial charge in [0.05, 0.1) is 0 Å². The molecule has 0 aromatic rings. The quantitative estimate of drug-likeness (QED) is 0.317. The first kappa shape index (κ1) is 23.5. The van der Waals surface area contributed by atoms with Crippen LogP contribution in [0.3, 0.4) is 0 Å². The van der Waals surface area contributed by atoms with Crippen molar-refractivity contribution in [2.24, 2.45) is 0 Å². The van der Waals surface area contributed by atoms with Crippen LogP contribution >= 0.6 is 0 Å². The minimum atomic E-state index is -0.888. The summed E-state index contributed by atoms with van der Waals surface area (Å²) in [7, 11) is 0. The number of carbonyl (C=O) groups is 2. The molecule has 0 aliphatic heterocycles. The molecule has 0 heterocycles. The fraction of sp³-hybridized carbons (Fsp3) is 0.625. The minimum absolute atomic E-state index is 0. The number of esters is 2. The van der Waals surface area contributed by atoms with Gasteiger partial charge in [0.1, 0.15) is 6.42 Å². The lowest BCUT2D eigenvalue weighted by Crippen LogP contribution is -2.13. The van der Waals surface area contributed by atoms with E-state index in [0.29, 0.717) is 0 Å². The summed E-state index contributed by atoms with van der Waals surface area (Å²) in [5.41, 5.74) is 0. The van der Waals surface area contributed by atoms with Crippen LogP contribution in [-0.2, 0) is 19.1 Å². The topological polar surface area (TPSA) is 109 Å². The standard InChI is InChI=1S/C5H6N4O4.2CH4.CH3/c6-8-2-12-4(10)1-5(11)13-3-9-7;;;/h1-3H2;2*1H4;1H3/q+2;;;-1. The highest BCUT2D eigenvalue weighted by Gasteiger charge is 2.15. The van der Waals surface area contributed by atoms with Gasteiger partial charge in [-0.1, -0.05) is 14.9 Å². The Bertz CT molecular complexity index is 251. The molecule has 0 amide bonds. The zero-order chi connectivity index (χ0) is 10.1. The number of hydrogen-bond acceptors (Lipinski definition) is 6. The molecule has 92 valence electrons. The van der Waals surface area contributed by atoms with Crippen LogP contribution in [0.15, 0.2) is 0 Å². The van der Waals surface area contributed by atoms with Gasteiger partial charge in [0.25, 0.3) is 0 Å². The smallest absolute Gasteiger partial charge is 0.387 e. The molecule has 0 spiro atoms. The van der Waals surface area contributed by atoms with Gasteiger partial charge >= 0.3 is 25.4 Å². The Morgan fingerprint density at radius 1 is 0.938 bits per heavy atom. The summed E-state index contributed by atoms with van der Waals surface area (Å²) in [6.45, 7) is -1.06. The molecule has 0 aromatic heterocycles. The van der Waals surface area contributed by atoms with Crippen molar-refractivity contribution in [1.29, 1.82) is 10.8 Å². The third-order valence-corrected chi connectivity index (χ3v) is 0.855. The Kier molecular flexibility index (Phi) is 22.4. The van der Waals surface area contributed by atoms with Crippen molar-refractivity contribution in [2.75, 3.05) is 13.5 Å². The summed E-state index contributed by atoms with van der Waals surface area (Å²) in [6.07, 6.45) is -0.620. The molecule has 0 fully saturated rings. The highest BCUT2D eigenvalue weighted by Crippen LogP contribution is 1.91. The fourth-order valence-corrected chi connectivity index (χ4v) is 0.422. The van der Waals surface area contributed by atoms with Crippen molar-refractivity contribution in [1.82, 2.24) is 0 Å². The monoisotopic (exact) mass is 233 g/mol. The maximum absolute atomic E-state index is 10.6. The van der Waals surface area contributed by atoms with Gasteiger partial charge in [0.15, 0.2) is 9.95 Å². The predicted octanol–water partition coefficient (Wildman–Crippen LogP) is 1.81. The summed E-state index contributed by atoms with van der Waals surface area (Å²) < 4.78 is 8.38. The van der Waals surface area contributed by atoms with Gasteiger partial charge in [-0.3, -0.25) is 9.59 Å². The van der Waals surface area contributed by atoms with Gasteiger partial charge in [-0.2, -0.15) is 0 Å². The normalized spacial score (nSPS) is 6.38. The lowest BCUT2D eigenvalue weighted by Gasteiger charge is -1.93. The van der Waals surface area contributed by atoms with Crippen molar-refractivity contribution >= 4 is 11.9 Å². The van der Waals surface area contributed by atoms with E-state index in [2.05, 4.69) is 19.4 Å². The third-order valence-electron chi connectivity index (χ3n) is 0.855. The Labute approximate surface area is 94.8 Å². The van der Waals surface area contributed by atoms with E-state index in [0.717, 1.165) is 0 Å². The molecule has 0 unspecified atom stereocenters. The number of nitrogens with zero attached hydrogens (tertiary/aromatic N) is 4. The van der Waals surface area contributed by atoms with E-state index in [1.807, 2.05) is 0 Å². The van der Waals surface area contributed by atoms with Gasteiger partial charge < -0.3 is 16.9 Å². The summed E-state index contributed by atoms with van der Waals surface area (Å²) in [6, 6.07) is 0. The van der Waals surface area contributed by atoms with Gasteiger partial charge in [-0.25, -0.2) is 0 Å². The molecular formula is C8H17N4O4+. The van der Waals surface area contributed by atoms with Crippen LogP contribution in [-0.4, -0.2) is 25.4 Å². The summed E-state index contributed by atoms with van der Waals surface area (Å²) in [5, 5.41) is 15.7. The predicted molar refractivity (Wildman–Crippen MR) is 56.6 cm³/mol. The number of diazo groups is 2. The zero-order valence-corrected chi connectivity index (χ0v) is 7.54. The molecule has 0 aromatic carbocycles. The van der Waals surface area contributed by atoms with E-state index in [1.165, 1.54) is 0 Å². The van der Waals surface area contributed by atoms with Crippen LogP contribution in [0.5, 0.6) is 0 Å². The number of carbonyl (C=O) groups excluding carboxylic acids is 2. The average molecular weight is 233 g/mol. The SMILES string of the molecule is C.C.N#[N+]COC(=O)CC(=O)OC[N+]#N.[CH3-]. The molecule has 0 aliphatic rings.